The van der Waals surface area contributed by atoms with E-state index < -0.39 is 27.8 Å². The number of carbonyl (C=O) groups is 2. The van der Waals surface area contributed by atoms with E-state index in [0.717, 1.165) is 6.08 Å². The molecule has 6 nitrogen and oxygen atoms in total. The fourth-order valence-corrected chi connectivity index (χ4v) is 2.60. The van der Waals surface area contributed by atoms with Gasteiger partial charge in [0, 0.05) is 17.2 Å². The first kappa shape index (κ1) is 14.8. The maximum atomic E-state index is 12.4. The summed E-state index contributed by atoms with van der Waals surface area (Å²) in [4.78, 5) is 35.4. The molecule has 0 heterocycles. The minimum atomic E-state index is -2.80. The number of nitrogens with zero attached hydrogens (tertiary/aromatic N) is 1. The number of nitro groups is 1. The van der Waals surface area contributed by atoms with Crippen LogP contribution < -0.4 is 0 Å². The molecule has 0 saturated heterocycles. The van der Waals surface area contributed by atoms with Crippen molar-refractivity contribution in [3.05, 3.63) is 87.1 Å². The van der Waals surface area contributed by atoms with E-state index in [1.807, 2.05) is 0 Å². The normalized spacial score (nSPS) is 16.3. The molecule has 2 aromatic rings. The summed E-state index contributed by atoms with van der Waals surface area (Å²) in [6, 6.07) is 14.0. The first-order chi connectivity index (χ1) is 11.0. The lowest BCUT2D eigenvalue weighted by atomic mass is 9.92. The van der Waals surface area contributed by atoms with Gasteiger partial charge in [0.05, 0.1) is 4.92 Å². The number of Topliss-reactive ketones (excluding diaryl/α,β-unsaturated/α-hetero) is 2. The molecule has 1 aliphatic carbocycles. The van der Waals surface area contributed by atoms with Gasteiger partial charge in [0.25, 0.3) is 11.3 Å². The third-order valence-corrected chi connectivity index (χ3v) is 3.74. The van der Waals surface area contributed by atoms with Crippen LogP contribution in [0.4, 0.5) is 0 Å². The van der Waals surface area contributed by atoms with E-state index in [2.05, 4.69) is 0 Å². The number of benzene rings is 2. The highest BCUT2D eigenvalue weighted by atomic mass is 16.6. The van der Waals surface area contributed by atoms with E-state index in [4.69, 9.17) is 0 Å². The van der Waals surface area contributed by atoms with Crippen molar-refractivity contribution in [3.63, 3.8) is 0 Å². The summed E-state index contributed by atoms with van der Waals surface area (Å²) in [7, 11) is 0. The van der Waals surface area contributed by atoms with Crippen LogP contribution in [-0.2, 0) is 0 Å². The average molecular weight is 309 g/mol. The van der Waals surface area contributed by atoms with E-state index in [-0.39, 0.29) is 11.1 Å². The molecule has 2 aromatic carbocycles. The number of ketones is 2. The van der Waals surface area contributed by atoms with Crippen LogP contribution in [0, 0.1) is 10.1 Å². The minimum Gasteiger partial charge on any atom is -0.366 e. The Morgan fingerprint density at radius 1 is 0.957 bits per heavy atom. The van der Waals surface area contributed by atoms with Gasteiger partial charge < -0.3 is 5.11 Å². The molecule has 0 amide bonds. The maximum absolute atomic E-state index is 12.4. The number of carbonyl (C=O) groups excluding carboxylic acids is 2. The predicted octanol–water partition coefficient (Wildman–Crippen LogP) is 2.11. The van der Waals surface area contributed by atoms with Gasteiger partial charge in [-0.05, 0) is 5.56 Å². The molecule has 0 spiro atoms. The smallest absolute Gasteiger partial charge is 0.294 e. The fourth-order valence-electron chi connectivity index (χ4n) is 2.60. The molecule has 0 radical (unpaired) electrons. The highest BCUT2D eigenvalue weighted by molar-refractivity contribution is 6.33. The van der Waals surface area contributed by atoms with Crippen LogP contribution in [0.15, 0.2) is 60.3 Å². The number of aliphatic hydroxyl groups is 1. The van der Waals surface area contributed by atoms with Gasteiger partial charge in [-0.3, -0.25) is 19.7 Å². The van der Waals surface area contributed by atoms with Gasteiger partial charge in [-0.15, -0.1) is 0 Å². The summed E-state index contributed by atoms with van der Waals surface area (Å²) in [6.45, 7) is 0. The summed E-state index contributed by atoms with van der Waals surface area (Å²) < 4.78 is 0. The first-order valence-electron chi connectivity index (χ1n) is 6.79. The highest BCUT2D eigenvalue weighted by Crippen LogP contribution is 2.36. The van der Waals surface area contributed by atoms with Gasteiger partial charge in [0.1, 0.15) is 0 Å². The molecule has 0 aliphatic heterocycles. The fraction of sp³-hybridized carbons (Fsp3) is 0.0588. The van der Waals surface area contributed by atoms with Crippen molar-refractivity contribution in [3.8, 4) is 0 Å². The zero-order chi connectivity index (χ0) is 16.6. The second kappa shape index (κ2) is 5.26. The molecule has 3 rings (SSSR count). The molecule has 6 heteroatoms. The van der Waals surface area contributed by atoms with Gasteiger partial charge in [0.2, 0.25) is 11.6 Å². The van der Waals surface area contributed by atoms with Crippen LogP contribution in [0.2, 0.25) is 0 Å². The molecule has 23 heavy (non-hydrogen) atoms. The van der Waals surface area contributed by atoms with E-state index >= 15 is 0 Å². The van der Waals surface area contributed by atoms with Gasteiger partial charge >= 0.3 is 0 Å². The van der Waals surface area contributed by atoms with Crippen LogP contribution in [0.5, 0.6) is 0 Å². The lowest BCUT2D eigenvalue weighted by Crippen LogP contribution is -2.45. The lowest BCUT2D eigenvalue weighted by molar-refractivity contribution is -0.435. The number of hydrogen-bond acceptors (Lipinski definition) is 5. The van der Waals surface area contributed by atoms with Crippen molar-refractivity contribution in [2.75, 3.05) is 0 Å². The average Bonchev–Trinajstić information content (AvgIpc) is 2.76. The molecule has 0 aromatic heterocycles. The minimum absolute atomic E-state index is 0.0131. The molecular weight excluding hydrogens is 298 g/mol. The van der Waals surface area contributed by atoms with Crippen LogP contribution in [0.3, 0.4) is 0 Å². The second-order valence-corrected chi connectivity index (χ2v) is 5.11. The van der Waals surface area contributed by atoms with Crippen molar-refractivity contribution in [2.24, 2.45) is 0 Å². The standard InChI is InChI=1S/C17H11NO5/c19-15-12-8-4-5-9-13(12)16(20)17(15,21)14(18(22)23)10-11-6-2-1-3-7-11/h1-10,21H/b14-10-. The van der Waals surface area contributed by atoms with Crippen LogP contribution in [-0.4, -0.2) is 27.2 Å². The summed E-state index contributed by atoms with van der Waals surface area (Å²) in [5.41, 5.74) is -3.27. The van der Waals surface area contributed by atoms with E-state index in [9.17, 15) is 24.8 Å². The maximum Gasteiger partial charge on any atom is 0.294 e. The van der Waals surface area contributed by atoms with Crippen LogP contribution in [0.25, 0.3) is 6.08 Å². The van der Waals surface area contributed by atoms with Crippen molar-refractivity contribution in [1.82, 2.24) is 0 Å². The summed E-state index contributed by atoms with van der Waals surface area (Å²) in [5.74, 6) is -1.95. The SMILES string of the molecule is O=C1c2ccccc2C(=O)C1(O)/C(=C/c1ccccc1)[N+](=O)[O-]. The molecular formula is C17H11NO5. The molecule has 1 N–H and O–H groups in total. The molecule has 114 valence electrons. The molecule has 0 fully saturated rings. The van der Waals surface area contributed by atoms with Gasteiger partial charge in [-0.1, -0.05) is 54.6 Å². The second-order valence-electron chi connectivity index (χ2n) is 5.11. The van der Waals surface area contributed by atoms with Crippen LogP contribution in [0.1, 0.15) is 26.3 Å². The Labute approximate surface area is 130 Å². The third kappa shape index (κ3) is 2.16. The summed E-state index contributed by atoms with van der Waals surface area (Å²) >= 11 is 0. The van der Waals surface area contributed by atoms with Crippen LogP contribution >= 0.6 is 0 Å². The number of hydrogen-bond donors (Lipinski definition) is 1. The largest absolute Gasteiger partial charge is 0.366 e. The number of rotatable bonds is 3. The Hall–Kier alpha value is -3.12. The Kier molecular flexibility index (Phi) is 3.38. The Morgan fingerprint density at radius 3 is 1.91 bits per heavy atom. The van der Waals surface area contributed by atoms with E-state index in [0.29, 0.717) is 5.56 Å². The predicted molar refractivity (Wildman–Crippen MR) is 81.5 cm³/mol. The van der Waals surface area contributed by atoms with Crippen molar-refractivity contribution >= 4 is 17.6 Å². The van der Waals surface area contributed by atoms with Gasteiger partial charge in [-0.25, -0.2) is 0 Å². The summed E-state index contributed by atoms with van der Waals surface area (Å²) in [6.07, 6.45) is 1.04. The molecule has 0 bridgehead atoms. The Morgan fingerprint density at radius 2 is 1.43 bits per heavy atom. The number of fused-ring (bicyclic) bond motifs is 1. The zero-order valence-electron chi connectivity index (χ0n) is 11.8. The molecule has 0 unspecified atom stereocenters. The zero-order valence-corrected chi connectivity index (χ0v) is 11.8. The summed E-state index contributed by atoms with van der Waals surface area (Å²) in [5, 5.41) is 22.0. The van der Waals surface area contributed by atoms with Gasteiger partial charge in [0.15, 0.2) is 0 Å². The van der Waals surface area contributed by atoms with Gasteiger partial charge in [-0.2, -0.15) is 0 Å². The molecule has 0 saturated carbocycles. The van der Waals surface area contributed by atoms with Crippen molar-refractivity contribution < 1.29 is 19.6 Å². The first-order valence-corrected chi connectivity index (χ1v) is 6.79. The Balaban J connectivity index is 2.18. The monoisotopic (exact) mass is 309 g/mol. The van der Waals surface area contributed by atoms with Crippen molar-refractivity contribution in [1.29, 1.82) is 0 Å². The Bertz CT molecular complexity index is 819. The van der Waals surface area contributed by atoms with Crippen molar-refractivity contribution in [2.45, 2.75) is 5.60 Å². The highest BCUT2D eigenvalue weighted by Gasteiger charge is 2.60. The molecule has 0 atom stereocenters. The quantitative estimate of drug-likeness (QED) is 0.532. The topological polar surface area (TPSA) is 97.5 Å². The van der Waals surface area contributed by atoms with E-state index in [1.165, 1.54) is 24.3 Å². The molecule has 1 aliphatic rings. The lowest BCUT2D eigenvalue weighted by Gasteiger charge is -2.15. The third-order valence-electron chi connectivity index (χ3n) is 3.74. The van der Waals surface area contributed by atoms with E-state index in [1.54, 1.807) is 30.3 Å².